The van der Waals surface area contributed by atoms with Gasteiger partial charge in [0.2, 0.25) is 0 Å². The van der Waals surface area contributed by atoms with Crippen molar-refractivity contribution in [1.29, 1.82) is 0 Å². The minimum atomic E-state index is 0.0847. The highest BCUT2D eigenvalue weighted by atomic mass is 32.1. The van der Waals surface area contributed by atoms with E-state index >= 15 is 0 Å². The maximum absolute atomic E-state index is 2.60. The first-order valence-corrected chi connectivity index (χ1v) is 28.3. The second kappa shape index (κ2) is 17.7. The highest BCUT2D eigenvalue weighted by Crippen LogP contribution is 2.53. The maximum atomic E-state index is 2.60. The van der Waals surface area contributed by atoms with Crippen molar-refractivity contribution >= 4 is 102 Å². The lowest BCUT2D eigenvalue weighted by Crippen LogP contribution is -2.28. The zero-order valence-electron chi connectivity index (χ0n) is 41.9. The Labute approximate surface area is 455 Å². The second-order valence-corrected chi connectivity index (χ2v) is 22.6. The van der Waals surface area contributed by atoms with E-state index in [-0.39, 0.29) is 12.0 Å². The largest absolute Gasteiger partial charge is 0.333 e. The lowest BCUT2D eigenvalue weighted by atomic mass is 9.85. The quantitative estimate of drug-likeness (QED) is 0.144. The van der Waals surface area contributed by atoms with Gasteiger partial charge in [0.25, 0.3) is 0 Å². The van der Waals surface area contributed by atoms with Gasteiger partial charge in [-0.1, -0.05) is 249 Å². The van der Waals surface area contributed by atoms with Crippen LogP contribution in [0.3, 0.4) is 0 Å². The van der Waals surface area contributed by atoms with Crippen molar-refractivity contribution in [3.05, 3.63) is 284 Å². The van der Waals surface area contributed by atoms with Gasteiger partial charge in [-0.25, -0.2) is 0 Å². The SMILES string of the molecule is C1=C[C@H]2C(C=C1c1cccc3c1sc1c(-c4ccccc4)cccc13)c1cc(-c3cccc4c3sc3c(-c5ccccc5)cccc34)ccc1N2c1ccc(-c2c3ccccc3c(-c3ccccc3)c3ccccc23)cc1. The van der Waals surface area contributed by atoms with E-state index in [1.54, 1.807) is 0 Å². The van der Waals surface area contributed by atoms with Crippen molar-refractivity contribution in [3.63, 3.8) is 0 Å². The van der Waals surface area contributed by atoms with Gasteiger partial charge in [0.05, 0.1) is 6.04 Å². The average molecular weight is 1010 g/mol. The number of rotatable bonds is 7. The Morgan fingerprint density at radius 2 is 0.701 bits per heavy atom. The first-order valence-electron chi connectivity index (χ1n) is 26.6. The standard InChI is InChI=1S/C74H47NS2/c1-4-18-46(19-5-1)53-28-14-32-61-63-34-16-30-55(73(63)76-71(53)61)50-38-42-67-65(44-50)66-45-51(56-31-17-35-64-62-33-15-29-54(72(62)77-74(56)64)47-20-6-2-7-21-47)39-43-68(66)75(67)52-40-36-49(37-41-52)70-59-26-12-10-24-57(59)69(48-22-8-3-9-23-48)58-25-11-13-27-60(58)70/h1-45,65,67H/t65?,67-/m0/s1. The number of hydrogen-bond acceptors (Lipinski definition) is 3. The lowest BCUT2D eigenvalue weighted by molar-refractivity contribution is 0.747. The number of nitrogens with zero attached hydrogens (tertiary/aromatic N) is 1. The predicted octanol–water partition coefficient (Wildman–Crippen LogP) is 21.3. The summed E-state index contributed by atoms with van der Waals surface area (Å²) in [5.41, 5.74) is 19.0. The van der Waals surface area contributed by atoms with Crippen LogP contribution >= 0.6 is 22.7 Å². The van der Waals surface area contributed by atoms with Crippen LogP contribution in [-0.4, -0.2) is 6.04 Å². The zero-order valence-corrected chi connectivity index (χ0v) is 43.5. The Balaban J connectivity index is 0.851. The summed E-state index contributed by atoms with van der Waals surface area (Å²) in [4.78, 5) is 2.60. The van der Waals surface area contributed by atoms with Crippen LogP contribution in [0.25, 0.3) is 123 Å². The first kappa shape index (κ1) is 44.2. The Hall–Kier alpha value is -9.12. The van der Waals surface area contributed by atoms with Crippen molar-refractivity contribution in [2.45, 2.75) is 12.0 Å². The molecule has 12 aromatic carbocycles. The summed E-state index contributed by atoms with van der Waals surface area (Å²) in [6.07, 6.45) is 7.47. The molecular weight excluding hydrogens is 967 g/mol. The first-order chi connectivity index (χ1) is 38.2. The van der Waals surface area contributed by atoms with Crippen molar-refractivity contribution in [2.24, 2.45) is 0 Å². The number of thiophene rings is 2. The van der Waals surface area contributed by atoms with Crippen LogP contribution in [0.15, 0.2) is 273 Å². The molecule has 0 saturated carbocycles. The Morgan fingerprint density at radius 3 is 1.19 bits per heavy atom. The zero-order chi connectivity index (χ0) is 50.6. The minimum Gasteiger partial charge on any atom is -0.333 e. The average Bonchev–Trinajstić information content (AvgIpc) is 4.25. The van der Waals surface area contributed by atoms with Crippen LogP contribution in [0.5, 0.6) is 0 Å². The van der Waals surface area contributed by atoms with Crippen LogP contribution in [0.2, 0.25) is 0 Å². The molecule has 0 N–H and O–H groups in total. The second-order valence-electron chi connectivity index (χ2n) is 20.6. The van der Waals surface area contributed by atoms with E-state index in [2.05, 4.69) is 278 Å². The molecule has 0 amide bonds. The molecule has 360 valence electrons. The van der Waals surface area contributed by atoms with E-state index in [9.17, 15) is 0 Å². The van der Waals surface area contributed by atoms with Crippen LogP contribution in [-0.2, 0) is 0 Å². The topological polar surface area (TPSA) is 3.24 Å². The highest BCUT2D eigenvalue weighted by Gasteiger charge is 2.39. The molecule has 0 saturated heterocycles. The maximum Gasteiger partial charge on any atom is 0.0630 e. The smallest absolute Gasteiger partial charge is 0.0630 e. The summed E-state index contributed by atoms with van der Waals surface area (Å²) in [6, 6.07) is 94.7. The fraction of sp³-hybridized carbons (Fsp3) is 0.0270. The molecule has 77 heavy (non-hydrogen) atoms. The Morgan fingerprint density at radius 1 is 0.312 bits per heavy atom. The van der Waals surface area contributed by atoms with Crippen molar-refractivity contribution in [2.75, 3.05) is 4.90 Å². The summed E-state index contributed by atoms with van der Waals surface area (Å²) < 4.78 is 5.34. The highest BCUT2D eigenvalue weighted by molar-refractivity contribution is 7.27. The van der Waals surface area contributed by atoms with Gasteiger partial charge in [-0.2, -0.15) is 0 Å². The molecule has 0 radical (unpaired) electrons. The van der Waals surface area contributed by atoms with E-state index in [0.717, 1.165) is 0 Å². The van der Waals surface area contributed by atoms with Gasteiger partial charge in [0.1, 0.15) is 0 Å². The van der Waals surface area contributed by atoms with E-state index in [0.29, 0.717) is 0 Å². The van der Waals surface area contributed by atoms with Gasteiger partial charge in [-0.3, -0.25) is 0 Å². The molecule has 2 aliphatic rings. The van der Waals surface area contributed by atoms with Gasteiger partial charge in [-0.05, 0) is 118 Å². The molecule has 3 heteroatoms. The van der Waals surface area contributed by atoms with Crippen molar-refractivity contribution < 1.29 is 0 Å². The van der Waals surface area contributed by atoms with Crippen LogP contribution < -0.4 is 4.90 Å². The third-order valence-corrected chi connectivity index (χ3v) is 19.0. The van der Waals surface area contributed by atoms with Gasteiger partial charge in [-0.15, -0.1) is 22.7 Å². The molecule has 2 aromatic heterocycles. The number of fused-ring (bicyclic) bond motifs is 11. The molecule has 1 aliphatic heterocycles. The lowest BCUT2D eigenvalue weighted by Gasteiger charge is -2.30. The van der Waals surface area contributed by atoms with Gasteiger partial charge in [0.15, 0.2) is 0 Å². The normalized spacial score (nSPS) is 15.0. The third kappa shape index (κ3) is 6.98. The molecule has 0 fully saturated rings. The Bertz CT molecular complexity index is 4680. The summed E-state index contributed by atoms with van der Waals surface area (Å²) in [5, 5.41) is 10.3. The summed E-state index contributed by atoms with van der Waals surface area (Å²) >= 11 is 3.86. The predicted molar refractivity (Wildman–Crippen MR) is 333 cm³/mol. The molecule has 16 rings (SSSR count). The van der Waals surface area contributed by atoms with Crippen LogP contribution in [0, 0.1) is 0 Å². The summed E-state index contributed by atoms with van der Waals surface area (Å²) in [6.45, 7) is 0. The summed E-state index contributed by atoms with van der Waals surface area (Å²) in [7, 11) is 0. The van der Waals surface area contributed by atoms with E-state index in [1.807, 2.05) is 22.7 Å². The van der Waals surface area contributed by atoms with E-state index in [1.165, 1.54) is 146 Å². The monoisotopic (exact) mass is 1010 g/mol. The fourth-order valence-electron chi connectivity index (χ4n) is 13.0. The molecule has 2 atom stereocenters. The fourth-order valence-corrected chi connectivity index (χ4v) is 15.7. The van der Waals surface area contributed by atoms with Gasteiger partial charge >= 0.3 is 0 Å². The number of hydrogen-bond donors (Lipinski definition) is 0. The van der Waals surface area contributed by atoms with Crippen LogP contribution in [0.4, 0.5) is 11.4 Å². The Kier molecular flexibility index (Phi) is 10.2. The third-order valence-electron chi connectivity index (χ3n) is 16.4. The summed E-state index contributed by atoms with van der Waals surface area (Å²) in [5.74, 6) is 0.110. The van der Waals surface area contributed by atoms with Crippen LogP contribution in [0.1, 0.15) is 17.0 Å². The number of benzene rings is 12. The van der Waals surface area contributed by atoms with Crippen molar-refractivity contribution in [1.82, 2.24) is 0 Å². The van der Waals surface area contributed by atoms with Crippen molar-refractivity contribution in [3.8, 4) is 55.6 Å². The number of anilines is 2. The van der Waals surface area contributed by atoms with Gasteiger partial charge < -0.3 is 4.90 Å². The molecule has 0 spiro atoms. The molecule has 0 bridgehead atoms. The number of allylic oxidation sites excluding steroid dienone is 2. The minimum absolute atomic E-state index is 0.0847. The van der Waals surface area contributed by atoms with E-state index < -0.39 is 0 Å². The molecule has 1 nitrogen and oxygen atoms in total. The molecule has 3 heterocycles. The molecule has 14 aromatic rings. The molecule has 1 aliphatic carbocycles. The van der Waals surface area contributed by atoms with Gasteiger partial charge in [0, 0.05) is 57.6 Å². The molecular formula is C74H47NS2. The van der Waals surface area contributed by atoms with E-state index in [4.69, 9.17) is 0 Å². The molecule has 1 unspecified atom stereocenters.